The van der Waals surface area contributed by atoms with Crippen LogP contribution in [0.1, 0.15) is 91.9 Å². The van der Waals surface area contributed by atoms with Crippen LogP contribution in [0.2, 0.25) is 0 Å². The fourth-order valence-electron chi connectivity index (χ4n) is 6.74. The van der Waals surface area contributed by atoms with Crippen molar-refractivity contribution < 1.29 is 15.3 Å². The van der Waals surface area contributed by atoms with Crippen LogP contribution in [-0.2, 0) is 0 Å². The summed E-state index contributed by atoms with van der Waals surface area (Å²) in [5.41, 5.74) is 3.17. The number of allylic oxidation sites excluding steroid dienone is 3. The first-order chi connectivity index (χ1) is 14.0. The summed E-state index contributed by atoms with van der Waals surface area (Å²) < 4.78 is 0. The maximum absolute atomic E-state index is 10.1. The van der Waals surface area contributed by atoms with Crippen LogP contribution < -0.4 is 0 Å². The molecular weight excluding hydrogens is 375 g/mol. The van der Waals surface area contributed by atoms with E-state index in [0.29, 0.717) is 30.1 Å². The van der Waals surface area contributed by atoms with Gasteiger partial charge in [0.15, 0.2) is 0 Å². The molecule has 0 aromatic heterocycles. The van der Waals surface area contributed by atoms with Gasteiger partial charge in [0.2, 0.25) is 0 Å². The van der Waals surface area contributed by atoms with E-state index in [0.717, 1.165) is 29.9 Å². The van der Waals surface area contributed by atoms with Crippen molar-refractivity contribution in [3.63, 3.8) is 0 Å². The summed E-state index contributed by atoms with van der Waals surface area (Å²) in [4.78, 5) is 0. The van der Waals surface area contributed by atoms with E-state index in [9.17, 15) is 15.3 Å². The van der Waals surface area contributed by atoms with Crippen molar-refractivity contribution in [3.8, 4) is 0 Å². The lowest BCUT2D eigenvalue weighted by Crippen LogP contribution is -2.36. The highest BCUT2D eigenvalue weighted by Crippen LogP contribution is 2.60. The number of rotatable bonds is 6. The van der Waals surface area contributed by atoms with Crippen molar-refractivity contribution >= 4 is 0 Å². The van der Waals surface area contributed by atoms with Crippen LogP contribution in [0.5, 0.6) is 0 Å². The maximum atomic E-state index is 10.1. The summed E-state index contributed by atoms with van der Waals surface area (Å²) in [6.07, 6.45) is 13.9. The Kier molecular flexibility index (Phi) is 7.37. The Morgan fingerprint density at radius 2 is 1.97 bits per heavy atom. The Labute approximate surface area is 184 Å². The average molecular weight is 420 g/mol. The maximum Gasteiger partial charge on any atom is 0.0811 e. The van der Waals surface area contributed by atoms with Crippen molar-refractivity contribution in [3.05, 3.63) is 35.5 Å². The molecule has 0 heterocycles. The summed E-state index contributed by atoms with van der Waals surface area (Å²) in [7, 11) is 0. The van der Waals surface area contributed by atoms with E-state index < -0.39 is 17.8 Å². The van der Waals surface area contributed by atoms with Crippen LogP contribution in [0.3, 0.4) is 0 Å². The molecule has 3 fully saturated rings. The van der Waals surface area contributed by atoms with Crippen molar-refractivity contribution in [2.24, 2.45) is 23.2 Å². The third kappa shape index (κ3) is 5.29. The zero-order valence-electron chi connectivity index (χ0n) is 19.7. The Hall–Kier alpha value is -0.900. The Bertz CT molecular complexity index is 683. The molecule has 3 N–H and O–H groups in total. The summed E-state index contributed by atoms with van der Waals surface area (Å²) in [6, 6.07) is 0. The zero-order valence-corrected chi connectivity index (χ0v) is 19.7. The SMILES string of the molecule is C[C@H](CCCC(C)(C)O)[C@H]1CC[C@H]2/C(=[13CH]/C=C3/C[C@@H](O)C[C@H](O)C3=[13CH2])[13CH2]CC[C@]12C. The summed E-state index contributed by atoms with van der Waals surface area (Å²) >= 11 is 0. The van der Waals surface area contributed by atoms with E-state index in [-0.39, 0.29) is 0 Å². The molecule has 3 rings (SSSR count). The van der Waals surface area contributed by atoms with Gasteiger partial charge in [-0.1, -0.05) is 51.0 Å². The van der Waals surface area contributed by atoms with Crippen LogP contribution in [0.4, 0.5) is 0 Å². The van der Waals surface area contributed by atoms with Gasteiger partial charge >= 0.3 is 0 Å². The highest BCUT2D eigenvalue weighted by Gasteiger charge is 2.50. The molecule has 3 heteroatoms. The second-order valence-electron chi connectivity index (χ2n) is 11.3. The van der Waals surface area contributed by atoms with Crippen LogP contribution in [0, 0.1) is 23.2 Å². The first kappa shape index (κ1) is 23.8. The molecule has 30 heavy (non-hydrogen) atoms. The van der Waals surface area contributed by atoms with Gasteiger partial charge in [-0.2, -0.15) is 0 Å². The molecule has 0 bridgehead atoms. The fourth-order valence-corrected chi connectivity index (χ4v) is 6.74. The molecule has 0 radical (unpaired) electrons. The minimum absolute atomic E-state index is 0.374. The molecule has 170 valence electrons. The van der Waals surface area contributed by atoms with Crippen LogP contribution in [0.15, 0.2) is 35.5 Å². The van der Waals surface area contributed by atoms with E-state index in [4.69, 9.17) is 0 Å². The smallest absolute Gasteiger partial charge is 0.0811 e. The lowest BCUT2D eigenvalue weighted by atomic mass is 9.63. The molecule has 0 saturated heterocycles. The summed E-state index contributed by atoms with van der Waals surface area (Å²) in [6.45, 7) is 12.8. The predicted molar refractivity (Wildman–Crippen MR) is 124 cm³/mol. The van der Waals surface area contributed by atoms with Gasteiger partial charge in [0, 0.05) is 6.42 Å². The largest absolute Gasteiger partial charge is 0.393 e. The van der Waals surface area contributed by atoms with E-state index in [1.807, 2.05) is 13.8 Å². The topological polar surface area (TPSA) is 60.7 Å². The first-order valence-electron chi connectivity index (χ1n) is 12.2. The highest BCUT2D eigenvalue weighted by atomic mass is 16.3. The van der Waals surface area contributed by atoms with Gasteiger partial charge in [-0.15, -0.1) is 0 Å². The third-order valence-electron chi connectivity index (χ3n) is 8.44. The molecule has 0 unspecified atom stereocenters. The van der Waals surface area contributed by atoms with E-state index in [1.54, 1.807) is 5.57 Å². The van der Waals surface area contributed by atoms with Gasteiger partial charge in [-0.25, -0.2) is 0 Å². The second-order valence-corrected chi connectivity index (χ2v) is 11.3. The minimum Gasteiger partial charge on any atom is -0.393 e. The summed E-state index contributed by atoms with van der Waals surface area (Å²) in [5, 5.41) is 30.2. The highest BCUT2D eigenvalue weighted by molar-refractivity contribution is 5.38. The number of hydrogen-bond donors (Lipinski definition) is 3. The van der Waals surface area contributed by atoms with E-state index in [2.05, 4.69) is 32.6 Å². The fraction of sp³-hybridized carbons (Fsp3) is 0.778. The number of aliphatic hydroxyl groups excluding tert-OH is 2. The monoisotopic (exact) mass is 419 g/mol. The van der Waals surface area contributed by atoms with Gasteiger partial charge < -0.3 is 15.3 Å². The zero-order chi connectivity index (χ0) is 22.1. The molecular formula is C27H44O3. The normalized spacial score (nSPS) is 38.8. The Balaban J connectivity index is 1.70. The first-order valence-corrected chi connectivity index (χ1v) is 12.2. The van der Waals surface area contributed by atoms with Gasteiger partial charge in [0.1, 0.15) is 0 Å². The summed E-state index contributed by atoms with van der Waals surface area (Å²) in [5.74, 6) is 2.11. The molecule has 3 nitrogen and oxygen atoms in total. The molecule has 0 amide bonds. The lowest BCUT2D eigenvalue weighted by molar-refractivity contribution is 0.0596. The number of aliphatic hydroxyl groups is 3. The van der Waals surface area contributed by atoms with Gasteiger partial charge in [0.05, 0.1) is 17.8 Å². The number of fused-ring (bicyclic) bond motifs is 1. The Morgan fingerprint density at radius 3 is 2.67 bits per heavy atom. The molecule has 3 saturated carbocycles. The van der Waals surface area contributed by atoms with Crippen LogP contribution in [-0.4, -0.2) is 33.1 Å². The molecule has 0 aromatic carbocycles. The van der Waals surface area contributed by atoms with Crippen molar-refractivity contribution in [2.45, 2.75) is 110 Å². The molecule has 3 aliphatic rings. The van der Waals surface area contributed by atoms with Crippen molar-refractivity contribution in [1.29, 1.82) is 0 Å². The van der Waals surface area contributed by atoms with Crippen LogP contribution >= 0.6 is 0 Å². The van der Waals surface area contributed by atoms with Crippen molar-refractivity contribution in [2.75, 3.05) is 0 Å². The van der Waals surface area contributed by atoms with Crippen molar-refractivity contribution in [1.82, 2.24) is 0 Å². The molecule has 0 aliphatic heterocycles. The molecule has 0 spiro atoms. The minimum atomic E-state index is -0.615. The molecule has 6 atom stereocenters. The molecule has 3 aliphatic carbocycles. The second kappa shape index (κ2) is 9.30. The van der Waals surface area contributed by atoms with Crippen LogP contribution in [0.25, 0.3) is 0 Å². The van der Waals surface area contributed by atoms with Gasteiger partial charge in [-0.05, 0) is 93.1 Å². The van der Waals surface area contributed by atoms with Gasteiger partial charge in [0.25, 0.3) is 0 Å². The average Bonchev–Trinajstić information content (AvgIpc) is 3.00. The van der Waals surface area contributed by atoms with E-state index >= 15 is 0 Å². The van der Waals surface area contributed by atoms with Gasteiger partial charge in [-0.3, -0.25) is 0 Å². The third-order valence-corrected chi connectivity index (χ3v) is 8.44. The predicted octanol–water partition coefficient (Wildman–Crippen LogP) is 5.70. The lowest BCUT2D eigenvalue weighted by Gasteiger charge is -2.44. The quantitative estimate of drug-likeness (QED) is 0.484. The van der Waals surface area contributed by atoms with E-state index in [1.165, 1.54) is 38.5 Å². The standard InChI is InChI=1S/C27H44O3/c1-18(8-6-14-26(3,4)30)23-12-13-24-20(9-7-15-27(23,24)5)10-11-21-16-22(28)17-25(29)19(21)2/h10-11,18,22-25,28-30H,2,6-9,12-17H2,1,3-5H3/b20-10+,21-11-/t18-,22-,23-,24+,25+,27-/m1/s1/i2+1,9+1,10+1. The Morgan fingerprint density at radius 1 is 1.23 bits per heavy atom. The number of hydrogen-bond acceptors (Lipinski definition) is 3. The molecule has 0 aromatic rings.